The maximum Gasteiger partial charge on any atom is 0.330 e. The number of rotatable bonds is 4. The van der Waals surface area contributed by atoms with E-state index in [-0.39, 0.29) is 5.76 Å². The molecule has 5 heteroatoms. The smallest absolute Gasteiger partial charge is 0.330 e. The van der Waals surface area contributed by atoms with Crippen molar-refractivity contribution in [2.75, 3.05) is 0 Å². The Labute approximate surface area is 109 Å². The minimum absolute atomic E-state index is 0.127. The minimum atomic E-state index is -1.12. The van der Waals surface area contributed by atoms with Gasteiger partial charge in [0.1, 0.15) is 0 Å². The first-order valence-corrected chi connectivity index (χ1v) is 5.72. The Bertz CT molecular complexity index is 589. The third-order valence-electron chi connectivity index (χ3n) is 2.72. The van der Waals surface area contributed by atoms with Gasteiger partial charge in [-0.3, -0.25) is 4.79 Å². The summed E-state index contributed by atoms with van der Waals surface area (Å²) in [5.74, 6) is -1.54. The lowest BCUT2D eigenvalue weighted by atomic mass is 10.1. The molecule has 0 fully saturated rings. The highest BCUT2D eigenvalue weighted by Gasteiger charge is 2.24. The van der Waals surface area contributed by atoms with E-state index in [1.165, 1.54) is 6.26 Å². The van der Waals surface area contributed by atoms with Gasteiger partial charge >= 0.3 is 5.97 Å². The Balaban J connectivity index is 2.21. The van der Waals surface area contributed by atoms with E-state index < -0.39 is 17.9 Å². The molecule has 1 amide bonds. The average Bonchev–Trinajstić information content (AvgIpc) is 2.82. The minimum Gasteiger partial charge on any atom is -0.479 e. The molecular formula is C14H13NO4. The molecule has 5 nitrogen and oxygen atoms in total. The molecule has 1 atom stereocenters. The average molecular weight is 259 g/mol. The van der Waals surface area contributed by atoms with Crippen LogP contribution in [0.25, 0.3) is 0 Å². The van der Waals surface area contributed by atoms with Crippen molar-refractivity contribution in [3.63, 3.8) is 0 Å². The summed E-state index contributed by atoms with van der Waals surface area (Å²) in [4.78, 5) is 23.2. The number of carboxylic acid groups (broad SMARTS) is 1. The molecule has 0 unspecified atom stereocenters. The summed E-state index contributed by atoms with van der Waals surface area (Å²) in [6.07, 6.45) is 1.39. The maximum atomic E-state index is 11.9. The molecule has 0 aliphatic rings. The van der Waals surface area contributed by atoms with Crippen LogP contribution < -0.4 is 5.32 Å². The predicted molar refractivity (Wildman–Crippen MR) is 67.7 cm³/mol. The fourth-order valence-corrected chi connectivity index (χ4v) is 1.74. The number of hydrogen-bond acceptors (Lipinski definition) is 3. The topological polar surface area (TPSA) is 79.5 Å². The second-order valence-corrected chi connectivity index (χ2v) is 4.09. The first-order chi connectivity index (χ1) is 9.09. The van der Waals surface area contributed by atoms with Crippen LogP contribution in [0.4, 0.5) is 0 Å². The third kappa shape index (κ3) is 2.82. The van der Waals surface area contributed by atoms with Crippen molar-refractivity contribution in [3.8, 4) is 0 Å². The molecule has 1 aromatic heterocycles. The molecule has 0 aliphatic carbocycles. The molecule has 1 aromatic carbocycles. The monoisotopic (exact) mass is 259 g/mol. The molecule has 98 valence electrons. The number of nitrogens with one attached hydrogen (secondary N) is 1. The highest BCUT2D eigenvalue weighted by Crippen LogP contribution is 2.15. The summed E-state index contributed by atoms with van der Waals surface area (Å²) in [6.45, 7) is 1.72. The van der Waals surface area contributed by atoms with Gasteiger partial charge in [-0.25, -0.2) is 4.79 Å². The Morgan fingerprint density at radius 3 is 2.42 bits per heavy atom. The zero-order chi connectivity index (χ0) is 13.8. The molecule has 2 aromatic rings. The first-order valence-electron chi connectivity index (χ1n) is 5.72. The second-order valence-electron chi connectivity index (χ2n) is 4.09. The Kier molecular flexibility index (Phi) is 3.66. The number of benzene rings is 1. The molecule has 2 rings (SSSR count). The van der Waals surface area contributed by atoms with Crippen molar-refractivity contribution in [2.45, 2.75) is 13.0 Å². The molecule has 2 N–H and O–H groups in total. The van der Waals surface area contributed by atoms with Crippen LogP contribution in [0.5, 0.6) is 0 Å². The first kappa shape index (κ1) is 12.9. The molecule has 0 aliphatic heterocycles. The van der Waals surface area contributed by atoms with Crippen LogP contribution >= 0.6 is 0 Å². The standard InChI is InChI=1S/C14H13NO4/c1-9-7-8-19-12(9)13(16)15-11(14(17)18)10-5-3-2-4-6-10/h2-8,11H,1H3,(H,15,16)(H,17,18)/t11-/m0/s1. The summed E-state index contributed by atoms with van der Waals surface area (Å²) < 4.78 is 5.04. The van der Waals surface area contributed by atoms with Crippen LogP contribution in [0, 0.1) is 6.92 Å². The van der Waals surface area contributed by atoms with E-state index in [4.69, 9.17) is 4.42 Å². The lowest BCUT2D eigenvalue weighted by Gasteiger charge is -2.14. The van der Waals surface area contributed by atoms with Crippen molar-refractivity contribution < 1.29 is 19.1 Å². The van der Waals surface area contributed by atoms with E-state index in [1.807, 2.05) is 0 Å². The molecular weight excluding hydrogens is 246 g/mol. The number of amides is 1. The second kappa shape index (κ2) is 5.39. The predicted octanol–water partition coefficient (Wildman–Crippen LogP) is 2.14. The van der Waals surface area contributed by atoms with Crippen molar-refractivity contribution in [1.29, 1.82) is 0 Å². The Morgan fingerprint density at radius 1 is 1.21 bits per heavy atom. The normalized spacial score (nSPS) is 11.8. The lowest BCUT2D eigenvalue weighted by molar-refractivity contribution is -0.139. The summed E-state index contributed by atoms with van der Waals surface area (Å²) in [5.41, 5.74) is 1.17. The third-order valence-corrected chi connectivity index (χ3v) is 2.72. The van der Waals surface area contributed by atoms with Crippen LogP contribution in [0.15, 0.2) is 47.1 Å². The summed E-state index contributed by atoms with van der Waals surface area (Å²) in [5, 5.41) is 11.6. The number of carboxylic acids is 1. The summed E-state index contributed by atoms with van der Waals surface area (Å²) in [7, 11) is 0. The highest BCUT2D eigenvalue weighted by molar-refractivity contribution is 5.95. The van der Waals surface area contributed by atoms with E-state index >= 15 is 0 Å². The van der Waals surface area contributed by atoms with Gasteiger partial charge in [-0.1, -0.05) is 30.3 Å². The molecule has 19 heavy (non-hydrogen) atoms. The van der Waals surface area contributed by atoms with Crippen LogP contribution in [-0.4, -0.2) is 17.0 Å². The highest BCUT2D eigenvalue weighted by atomic mass is 16.4. The lowest BCUT2D eigenvalue weighted by Crippen LogP contribution is -2.33. The van der Waals surface area contributed by atoms with Gasteiger partial charge in [-0.15, -0.1) is 0 Å². The van der Waals surface area contributed by atoms with Crippen LogP contribution in [0.2, 0.25) is 0 Å². The number of aliphatic carboxylic acids is 1. The number of hydrogen-bond donors (Lipinski definition) is 2. The number of carbonyl (C=O) groups excluding carboxylic acids is 1. The van der Waals surface area contributed by atoms with E-state index in [0.717, 1.165) is 0 Å². The van der Waals surface area contributed by atoms with Gasteiger partial charge in [-0.05, 0) is 18.6 Å². The number of furan rings is 1. The number of aryl methyl sites for hydroxylation is 1. The zero-order valence-corrected chi connectivity index (χ0v) is 10.3. The molecule has 0 saturated carbocycles. The quantitative estimate of drug-likeness (QED) is 0.881. The summed E-state index contributed by atoms with van der Waals surface area (Å²) >= 11 is 0. The van der Waals surface area contributed by atoms with Crippen molar-refractivity contribution in [2.24, 2.45) is 0 Å². The molecule has 0 saturated heterocycles. The van der Waals surface area contributed by atoms with Gasteiger partial charge in [0.2, 0.25) is 0 Å². The molecule has 0 bridgehead atoms. The van der Waals surface area contributed by atoms with E-state index in [1.54, 1.807) is 43.3 Å². The van der Waals surface area contributed by atoms with Gasteiger partial charge in [0.15, 0.2) is 11.8 Å². The zero-order valence-electron chi connectivity index (χ0n) is 10.3. The Hall–Kier alpha value is -2.56. The van der Waals surface area contributed by atoms with Gasteiger partial charge in [0.25, 0.3) is 5.91 Å². The van der Waals surface area contributed by atoms with Crippen molar-refractivity contribution >= 4 is 11.9 Å². The van der Waals surface area contributed by atoms with Crippen LogP contribution in [0.1, 0.15) is 27.7 Å². The summed E-state index contributed by atoms with van der Waals surface area (Å²) in [6, 6.07) is 9.06. The van der Waals surface area contributed by atoms with Gasteiger partial charge in [0, 0.05) is 5.56 Å². The van der Waals surface area contributed by atoms with Gasteiger partial charge in [0.05, 0.1) is 6.26 Å². The number of carbonyl (C=O) groups is 2. The maximum absolute atomic E-state index is 11.9. The van der Waals surface area contributed by atoms with E-state index in [0.29, 0.717) is 11.1 Å². The van der Waals surface area contributed by atoms with Crippen molar-refractivity contribution in [3.05, 3.63) is 59.5 Å². The van der Waals surface area contributed by atoms with E-state index in [2.05, 4.69) is 5.32 Å². The van der Waals surface area contributed by atoms with Gasteiger partial charge in [-0.2, -0.15) is 0 Å². The fourth-order valence-electron chi connectivity index (χ4n) is 1.74. The van der Waals surface area contributed by atoms with Crippen molar-refractivity contribution in [1.82, 2.24) is 5.32 Å². The molecule has 1 heterocycles. The molecule has 0 radical (unpaired) electrons. The van der Waals surface area contributed by atoms with Crippen LogP contribution in [0.3, 0.4) is 0 Å². The Morgan fingerprint density at radius 2 is 1.89 bits per heavy atom. The van der Waals surface area contributed by atoms with Crippen LogP contribution in [-0.2, 0) is 4.79 Å². The van der Waals surface area contributed by atoms with E-state index in [9.17, 15) is 14.7 Å². The fraction of sp³-hybridized carbons (Fsp3) is 0.143. The molecule has 0 spiro atoms. The van der Waals surface area contributed by atoms with Gasteiger partial charge < -0.3 is 14.8 Å². The largest absolute Gasteiger partial charge is 0.479 e. The SMILES string of the molecule is Cc1ccoc1C(=O)N[C@H](C(=O)O)c1ccccc1.